The monoisotopic (exact) mass is 240 g/mol. The topological polar surface area (TPSA) is 32.7 Å². The predicted octanol–water partition coefficient (Wildman–Crippen LogP) is 4.26. The molecule has 0 radical (unpaired) electrons. The van der Waals surface area contributed by atoms with Crippen LogP contribution in [0.2, 0.25) is 5.02 Å². The van der Waals surface area contributed by atoms with E-state index < -0.39 is 0 Å². The first-order valence-corrected chi connectivity index (χ1v) is 5.87. The zero-order valence-electron chi connectivity index (χ0n) is 9.69. The fourth-order valence-electron chi connectivity index (χ4n) is 1.48. The van der Waals surface area contributed by atoms with Gasteiger partial charge in [0.25, 0.3) is 0 Å². The summed E-state index contributed by atoms with van der Waals surface area (Å²) in [5, 5.41) is 5.16. The predicted molar refractivity (Wildman–Crippen MR) is 68.7 cm³/mol. The molecule has 0 unspecified atom stereocenters. The molecule has 0 atom stereocenters. The Kier molecular flexibility index (Phi) is 5.26. The minimum atomic E-state index is 0.652. The van der Waals surface area contributed by atoms with E-state index in [0.717, 1.165) is 18.5 Å². The summed E-state index contributed by atoms with van der Waals surface area (Å²) >= 11 is 5.78. The van der Waals surface area contributed by atoms with Crippen LogP contribution in [0, 0.1) is 10.8 Å². The van der Waals surface area contributed by atoms with Crippen molar-refractivity contribution in [2.75, 3.05) is 11.6 Å². The van der Waals surface area contributed by atoms with Gasteiger partial charge in [-0.3, -0.25) is 0 Å². The van der Waals surface area contributed by atoms with Gasteiger partial charge in [-0.1, -0.05) is 25.4 Å². The van der Waals surface area contributed by atoms with Crippen LogP contribution in [-0.4, -0.2) is 6.54 Å². The third kappa shape index (κ3) is 4.19. The van der Waals surface area contributed by atoms with Gasteiger partial charge in [-0.05, 0) is 43.0 Å². The first-order valence-electron chi connectivity index (χ1n) is 5.50. The maximum atomic E-state index is 10.7. The fraction of sp³-hybridized carbons (Fsp3) is 0.500. The largest absolute Gasteiger partial charge is 0.229 e. The maximum Gasteiger partial charge on any atom is 0.0627 e. The summed E-state index contributed by atoms with van der Waals surface area (Å²) in [7, 11) is 0. The van der Waals surface area contributed by atoms with Crippen molar-refractivity contribution in [3.05, 3.63) is 34.2 Å². The molecule has 0 bridgehead atoms. The molecule has 0 N–H and O–H groups in total. The molecule has 0 aliphatic carbocycles. The van der Waals surface area contributed by atoms with Crippen molar-refractivity contribution in [1.29, 1.82) is 0 Å². The number of anilines is 1. The summed E-state index contributed by atoms with van der Waals surface area (Å²) < 4.78 is 0. The normalized spacial score (nSPS) is 10.5. The Bertz CT molecular complexity index is 324. The zero-order chi connectivity index (χ0) is 12.0. The lowest BCUT2D eigenvalue weighted by atomic mass is 10.1. The Morgan fingerprint density at radius 2 is 1.94 bits per heavy atom. The minimum Gasteiger partial charge on any atom is -0.229 e. The Morgan fingerprint density at radius 1 is 1.31 bits per heavy atom. The van der Waals surface area contributed by atoms with E-state index in [2.05, 4.69) is 19.1 Å². The van der Waals surface area contributed by atoms with E-state index in [9.17, 15) is 4.91 Å². The molecule has 1 aromatic rings. The van der Waals surface area contributed by atoms with E-state index in [1.165, 1.54) is 5.01 Å². The molecular formula is C12H17ClN2O. The number of hydrogen-bond acceptors (Lipinski definition) is 2. The molecular weight excluding hydrogens is 224 g/mol. The van der Waals surface area contributed by atoms with Crippen LogP contribution in [0.1, 0.15) is 26.7 Å². The van der Waals surface area contributed by atoms with Gasteiger partial charge in [0.2, 0.25) is 0 Å². The first-order chi connectivity index (χ1) is 7.63. The second-order valence-corrected chi connectivity index (χ2v) is 4.65. The number of hydrogen-bond donors (Lipinski definition) is 0. The highest BCUT2D eigenvalue weighted by Crippen LogP contribution is 2.19. The molecule has 3 nitrogen and oxygen atoms in total. The average molecular weight is 241 g/mol. The van der Waals surface area contributed by atoms with Gasteiger partial charge >= 0.3 is 0 Å². The van der Waals surface area contributed by atoms with Gasteiger partial charge in [0.1, 0.15) is 0 Å². The number of benzene rings is 1. The summed E-state index contributed by atoms with van der Waals surface area (Å²) in [6.45, 7) is 4.99. The van der Waals surface area contributed by atoms with Crippen LogP contribution in [0.3, 0.4) is 0 Å². The molecule has 0 fully saturated rings. The number of halogens is 1. The van der Waals surface area contributed by atoms with Crippen LogP contribution >= 0.6 is 11.6 Å². The highest BCUT2D eigenvalue weighted by molar-refractivity contribution is 6.30. The van der Waals surface area contributed by atoms with Gasteiger partial charge < -0.3 is 0 Å². The van der Waals surface area contributed by atoms with Crippen LogP contribution in [-0.2, 0) is 0 Å². The van der Waals surface area contributed by atoms with E-state index in [4.69, 9.17) is 11.6 Å². The van der Waals surface area contributed by atoms with Gasteiger partial charge in [0.15, 0.2) is 0 Å². The van der Waals surface area contributed by atoms with Crippen LogP contribution < -0.4 is 5.01 Å². The van der Waals surface area contributed by atoms with Gasteiger partial charge in [0, 0.05) is 11.6 Å². The third-order valence-electron chi connectivity index (χ3n) is 2.37. The summed E-state index contributed by atoms with van der Waals surface area (Å²) in [5.74, 6) is 0.652. The quantitative estimate of drug-likeness (QED) is 0.550. The van der Waals surface area contributed by atoms with E-state index in [-0.39, 0.29) is 0 Å². The lowest BCUT2D eigenvalue weighted by Gasteiger charge is -2.15. The lowest BCUT2D eigenvalue weighted by Crippen LogP contribution is -2.17. The Labute approximate surface area is 101 Å². The van der Waals surface area contributed by atoms with Crippen molar-refractivity contribution in [1.82, 2.24) is 0 Å². The van der Waals surface area contributed by atoms with Gasteiger partial charge in [-0.2, -0.15) is 0 Å². The molecule has 1 aromatic carbocycles. The molecule has 0 spiro atoms. The maximum absolute atomic E-state index is 10.7. The summed E-state index contributed by atoms with van der Waals surface area (Å²) in [6.07, 6.45) is 2.06. The van der Waals surface area contributed by atoms with Crippen molar-refractivity contribution in [3.8, 4) is 0 Å². The average Bonchev–Trinajstić information content (AvgIpc) is 2.26. The molecule has 0 saturated heterocycles. The smallest absolute Gasteiger partial charge is 0.0627 e. The van der Waals surface area contributed by atoms with Crippen LogP contribution in [0.25, 0.3) is 0 Å². The molecule has 0 aliphatic heterocycles. The fourth-order valence-corrected chi connectivity index (χ4v) is 1.61. The molecule has 88 valence electrons. The standard InChI is InChI=1S/C12H17ClN2O/c1-10(2)4-3-9-15(14-16)12-7-5-11(13)6-8-12/h5-8,10H,3-4,9H2,1-2H3. The van der Waals surface area contributed by atoms with Crippen LogP contribution in [0.15, 0.2) is 29.6 Å². The van der Waals surface area contributed by atoms with Gasteiger partial charge in [-0.15, -0.1) is 4.91 Å². The molecule has 4 heteroatoms. The third-order valence-corrected chi connectivity index (χ3v) is 2.63. The Balaban J connectivity index is 2.53. The van der Waals surface area contributed by atoms with Crippen molar-refractivity contribution >= 4 is 17.3 Å². The Hall–Kier alpha value is -1.09. The zero-order valence-corrected chi connectivity index (χ0v) is 10.4. The number of nitroso groups, excluding NO2 is 1. The summed E-state index contributed by atoms with van der Waals surface area (Å²) in [4.78, 5) is 10.7. The SMILES string of the molecule is CC(C)CCCN(N=O)c1ccc(Cl)cc1. The molecule has 0 aromatic heterocycles. The van der Waals surface area contributed by atoms with Crippen molar-refractivity contribution in [2.45, 2.75) is 26.7 Å². The molecule has 16 heavy (non-hydrogen) atoms. The Morgan fingerprint density at radius 3 is 2.44 bits per heavy atom. The van der Waals surface area contributed by atoms with E-state index in [0.29, 0.717) is 17.5 Å². The van der Waals surface area contributed by atoms with Crippen molar-refractivity contribution < 1.29 is 0 Å². The second-order valence-electron chi connectivity index (χ2n) is 4.22. The molecule has 0 aliphatic rings. The first kappa shape index (κ1) is 13.0. The summed E-state index contributed by atoms with van der Waals surface area (Å²) in [6, 6.07) is 7.13. The highest BCUT2D eigenvalue weighted by atomic mass is 35.5. The van der Waals surface area contributed by atoms with E-state index >= 15 is 0 Å². The van der Waals surface area contributed by atoms with Crippen molar-refractivity contribution in [2.24, 2.45) is 11.2 Å². The van der Waals surface area contributed by atoms with Crippen molar-refractivity contribution in [3.63, 3.8) is 0 Å². The van der Waals surface area contributed by atoms with E-state index in [1.54, 1.807) is 24.3 Å². The number of rotatable bonds is 6. The molecule has 0 saturated carbocycles. The lowest BCUT2D eigenvalue weighted by molar-refractivity contribution is 0.551. The highest BCUT2D eigenvalue weighted by Gasteiger charge is 2.06. The number of nitrogens with zero attached hydrogens (tertiary/aromatic N) is 2. The van der Waals surface area contributed by atoms with Crippen LogP contribution in [0.5, 0.6) is 0 Å². The van der Waals surface area contributed by atoms with Gasteiger partial charge in [0.05, 0.1) is 11.0 Å². The summed E-state index contributed by atoms with van der Waals surface area (Å²) in [5.41, 5.74) is 0.795. The molecule has 0 amide bonds. The van der Waals surface area contributed by atoms with E-state index in [1.807, 2.05) is 0 Å². The molecule has 0 heterocycles. The van der Waals surface area contributed by atoms with Crippen LogP contribution in [0.4, 0.5) is 5.69 Å². The minimum absolute atomic E-state index is 0.652. The second kappa shape index (κ2) is 6.48. The van der Waals surface area contributed by atoms with Gasteiger partial charge in [-0.25, -0.2) is 5.01 Å². The molecule has 1 rings (SSSR count).